The summed E-state index contributed by atoms with van der Waals surface area (Å²) in [6.45, 7) is 4.65. The molecule has 0 saturated heterocycles. The molecule has 0 unspecified atom stereocenters. The summed E-state index contributed by atoms with van der Waals surface area (Å²) in [4.78, 5) is 0. The summed E-state index contributed by atoms with van der Waals surface area (Å²) >= 11 is 3.45. The number of rotatable bonds is 0. The highest BCUT2D eigenvalue weighted by molar-refractivity contribution is 9.10. The van der Waals surface area contributed by atoms with E-state index in [4.69, 9.17) is 4.74 Å². The van der Waals surface area contributed by atoms with E-state index in [1.807, 2.05) is 18.2 Å². The van der Waals surface area contributed by atoms with Crippen LogP contribution < -0.4 is 4.74 Å². The van der Waals surface area contributed by atoms with Gasteiger partial charge in [-0.1, -0.05) is 29.8 Å². The first-order valence-corrected chi connectivity index (χ1v) is 7.85. The standard InChI is InChI=1S/C16H21BrO2/c1-15(2)5-7-16(8-6-15)10-13(18)12-9-11(17)3-4-14(12)19-16/h3-4,9,13,18H,5-8,10H2,1-2H3/t13-/m0/s1. The maximum Gasteiger partial charge on any atom is 0.126 e. The number of benzene rings is 1. The molecule has 0 amide bonds. The summed E-state index contributed by atoms with van der Waals surface area (Å²) in [6.07, 6.45) is 4.77. The Labute approximate surface area is 123 Å². The third-order valence-electron chi connectivity index (χ3n) is 4.74. The van der Waals surface area contributed by atoms with Gasteiger partial charge < -0.3 is 9.84 Å². The molecule has 104 valence electrons. The number of hydrogen-bond donors (Lipinski definition) is 1. The van der Waals surface area contributed by atoms with E-state index in [1.54, 1.807) is 0 Å². The van der Waals surface area contributed by atoms with Crippen molar-refractivity contribution in [3.05, 3.63) is 28.2 Å². The SMILES string of the molecule is CC1(C)CCC2(CC1)C[C@H](O)c1cc(Br)ccc1O2. The van der Waals surface area contributed by atoms with Crippen LogP contribution in [0.15, 0.2) is 22.7 Å². The number of fused-ring (bicyclic) bond motifs is 1. The quantitative estimate of drug-likeness (QED) is 0.755. The molecule has 1 aliphatic heterocycles. The van der Waals surface area contributed by atoms with E-state index < -0.39 is 6.10 Å². The average Bonchev–Trinajstić information content (AvgIpc) is 2.35. The zero-order valence-electron chi connectivity index (χ0n) is 11.6. The van der Waals surface area contributed by atoms with Crippen molar-refractivity contribution in [2.75, 3.05) is 0 Å². The molecular weight excluding hydrogens is 304 g/mol. The summed E-state index contributed by atoms with van der Waals surface area (Å²) in [5.41, 5.74) is 1.19. The van der Waals surface area contributed by atoms with Gasteiger partial charge in [0.25, 0.3) is 0 Å². The zero-order valence-corrected chi connectivity index (χ0v) is 13.2. The van der Waals surface area contributed by atoms with Crippen LogP contribution >= 0.6 is 15.9 Å². The lowest BCUT2D eigenvalue weighted by Crippen LogP contribution is -2.45. The fourth-order valence-electron chi connectivity index (χ4n) is 3.30. The summed E-state index contributed by atoms with van der Waals surface area (Å²) in [7, 11) is 0. The molecule has 1 heterocycles. The van der Waals surface area contributed by atoms with Crippen LogP contribution in [0.3, 0.4) is 0 Å². The van der Waals surface area contributed by atoms with E-state index in [1.165, 1.54) is 12.8 Å². The van der Waals surface area contributed by atoms with Gasteiger partial charge in [0.1, 0.15) is 11.4 Å². The van der Waals surface area contributed by atoms with Gasteiger partial charge in [-0.15, -0.1) is 0 Å². The summed E-state index contributed by atoms with van der Waals surface area (Å²) in [5, 5.41) is 10.4. The molecular formula is C16H21BrO2. The van der Waals surface area contributed by atoms with Crippen molar-refractivity contribution in [1.29, 1.82) is 0 Å². The van der Waals surface area contributed by atoms with Crippen molar-refractivity contribution in [2.45, 2.75) is 57.7 Å². The number of aliphatic hydroxyl groups excluding tert-OH is 1. The molecule has 1 aromatic carbocycles. The molecule has 2 aliphatic rings. The highest BCUT2D eigenvalue weighted by Gasteiger charge is 2.44. The topological polar surface area (TPSA) is 29.5 Å². The van der Waals surface area contributed by atoms with Crippen LogP contribution in [-0.4, -0.2) is 10.7 Å². The normalized spacial score (nSPS) is 27.7. The zero-order chi connectivity index (χ0) is 13.7. The molecule has 1 aromatic rings. The van der Waals surface area contributed by atoms with Crippen LogP contribution in [0.25, 0.3) is 0 Å². The van der Waals surface area contributed by atoms with Crippen molar-refractivity contribution in [3.63, 3.8) is 0 Å². The van der Waals surface area contributed by atoms with Gasteiger partial charge >= 0.3 is 0 Å². The van der Waals surface area contributed by atoms with Crippen LogP contribution in [0.2, 0.25) is 0 Å². The van der Waals surface area contributed by atoms with Crippen LogP contribution in [0.1, 0.15) is 57.6 Å². The molecule has 1 N–H and O–H groups in total. The minimum Gasteiger partial charge on any atom is -0.487 e. The molecule has 1 aliphatic carbocycles. The predicted octanol–water partition coefficient (Wildman–Crippen LogP) is 4.60. The molecule has 1 atom stereocenters. The molecule has 0 radical (unpaired) electrons. The maximum atomic E-state index is 10.4. The Bertz CT molecular complexity index is 486. The molecule has 1 saturated carbocycles. The summed E-state index contributed by atoms with van der Waals surface area (Å²) in [5.74, 6) is 0.863. The fourth-order valence-corrected chi connectivity index (χ4v) is 3.68. The van der Waals surface area contributed by atoms with Gasteiger partial charge in [0.05, 0.1) is 6.10 Å². The van der Waals surface area contributed by atoms with E-state index >= 15 is 0 Å². The predicted molar refractivity (Wildman–Crippen MR) is 79.3 cm³/mol. The number of halogens is 1. The van der Waals surface area contributed by atoms with Crippen LogP contribution in [0.5, 0.6) is 5.75 Å². The Morgan fingerprint density at radius 3 is 2.58 bits per heavy atom. The number of aliphatic hydroxyl groups is 1. The van der Waals surface area contributed by atoms with Crippen LogP contribution in [-0.2, 0) is 0 Å². The van der Waals surface area contributed by atoms with Crippen molar-refractivity contribution < 1.29 is 9.84 Å². The second-order valence-electron chi connectivity index (χ2n) is 6.85. The monoisotopic (exact) mass is 324 g/mol. The third kappa shape index (κ3) is 2.55. The Kier molecular flexibility index (Phi) is 3.18. The molecule has 2 nitrogen and oxygen atoms in total. The second-order valence-corrected chi connectivity index (χ2v) is 7.77. The van der Waals surface area contributed by atoms with Crippen LogP contribution in [0.4, 0.5) is 0 Å². The van der Waals surface area contributed by atoms with E-state index in [-0.39, 0.29) is 5.60 Å². The van der Waals surface area contributed by atoms with E-state index in [9.17, 15) is 5.11 Å². The number of hydrogen-bond acceptors (Lipinski definition) is 2. The lowest BCUT2D eigenvalue weighted by Gasteiger charge is -2.47. The molecule has 19 heavy (non-hydrogen) atoms. The van der Waals surface area contributed by atoms with E-state index in [0.29, 0.717) is 5.41 Å². The first-order valence-electron chi connectivity index (χ1n) is 7.06. The fraction of sp³-hybridized carbons (Fsp3) is 0.625. The van der Waals surface area contributed by atoms with E-state index in [0.717, 1.165) is 35.0 Å². The highest BCUT2D eigenvalue weighted by atomic mass is 79.9. The van der Waals surface area contributed by atoms with E-state index in [2.05, 4.69) is 29.8 Å². The summed E-state index contributed by atoms with van der Waals surface area (Å²) in [6, 6.07) is 5.93. The second kappa shape index (κ2) is 4.49. The first kappa shape index (κ1) is 13.4. The summed E-state index contributed by atoms with van der Waals surface area (Å²) < 4.78 is 7.29. The molecule has 0 bridgehead atoms. The maximum absolute atomic E-state index is 10.4. The van der Waals surface area contributed by atoms with Gasteiger partial charge in [-0.3, -0.25) is 0 Å². The molecule has 0 aromatic heterocycles. The molecule has 1 spiro atoms. The Hall–Kier alpha value is -0.540. The third-order valence-corrected chi connectivity index (χ3v) is 5.23. The van der Waals surface area contributed by atoms with Gasteiger partial charge in [-0.25, -0.2) is 0 Å². The van der Waals surface area contributed by atoms with Crippen molar-refractivity contribution >= 4 is 15.9 Å². The van der Waals surface area contributed by atoms with Gasteiger partial charge in [0.15, 0.2) is 0 Å². The Morgan fingerprint density at radius 2 is 1.89 bits per heavy atom. The lowest BCUT2D eigenvalue weighted by molar-refractivity contribution is -0.0576. The van der Waals surface area contributed by atoms with Crippen molar-refractivity contribution in [1.82, 2.24) is 0 Å². The smallest absolute Gasteiger partial charge is 0.126 e. The number of ether oxygens (including phenoxy) is 1. The van der Waals surface area contributed by atoms with Crippen molar-refractivity contribution in [3.8, 4) is 5.75 Å². The van der Waals surface area contributed by atoms with Crippen LogP contribution in [0, 0.1) is 5.41 Å². The lowest BCUT2D eigenvalue weighted by atomic mass is 9.68. The highest BCUT2D eigenvalue weighted by Crippen LogP contribution is 2.50. The average molecular weight is 325 g/mol. The Balaban J connectivity index is 1.87. The molecule has 3 rings (SSSR count). The van der Waals surface area contributed by atoms with Crippen molar-refractivity contribution in [2.24, 2.45) is 5.41 Å². The van der Waals surface area contributed by atoms with Gasteiger partial charge in [-0.05, 0) is 49.3 Å². The largest absolute Gasteiger partial charge is 0.487 e. The van der Waals surface area contributed by atoms with Gasteiger partial charge in [0, 0.05) is 16.5 Å². The minimum absolute atomic E-state index is 0.143. The molecule has 1 fully saturated rings. The minimum atomic E-state index is -0.400. The Morgan fingerprint density at radius 1 is 1.21 bits per heavy atom. The first-order chi connectivity index (χ1) is 8.89. The van der Waals surface area contributed by atoms with Gasteiger partial charge in [0.2, 0.25) is 0 Å². The molecule has 3 heteroatoms. The van der Waals surface area contributed by atoms with Gasteiger partial charge in [-0.2, -0.15) is 0 Å².